The van der Waals surface area contributed by atoms with Crippen LogP contribution in [0.25, 0.3) is 0 Å². The molecule has 1 N–H and O–H groups in total. The van der Waals surface area contributed by atoms with Crippen LogP contribution in [0.2, 0.25) is 5.02 Å². The minimum Gasteiger partial charge on any atom is -0.489 e. The quantitative estimate of drug-likeness (QED) is 0.266. The van der Waals surface area contributed by atoms with Crippen LogP contribution in [0.3, 0.4) is 0 Å². The van der Waals surface area contributed by atoms with Crippen LogP contribution in [0.15, 0.2) is 103 Å². The number of rotatable bonds is 9. The van der Waals surface area contributed by atoms with Crippen molar-refractivity contribution in [3.8, 4) is 11.5 Å². The molecule has 4 rings (SSSR count). The molecule has 1 atom stereocenters. The lowest BCUT2D eigenvalue weighted by Crippen LogP contribution is -2.26. The number of anilines is 1. The molecule has 182 valence electrons. The number of nitrogens with one attached hydrogen (secondary N) is 1. The SMILES string of the molecule is COC(=O)c1cc(Cl)ccc1NC(=O)C(Oc1cccc(OCc2ccccc2)c1)c1ccccc1. The molecule has 36 heavy (non-hydrogen) atoms. The fourth-order valence-electron chi connectivity index (χ4n) is 3.52. The Bertz CT molecular complexity index is 1330. The van der Waals surface area contributed by atoms with E-state index in [1.165, 1.54) is 13.2 Å². The summed E-state index contributed by atoms with van der Waals surface area (Å²) in [5, 5.41) is 3.12. The fraction of sp³-hybridized carbons (Fsp3) is 0.103. The maximum Gasteiger partial charge on any atom is 0.340 e. The van der Waals surface area contributed by atoms with E-state index < -0.39 is 18.0 Å². The molecule has 0 aliphatic rings. The number of carbonyl (C=O) groups excluding carboxylic acids is 2. The third-order valence-electron chi connectivity index (χ3n) is 5.29. The smallest absolute Gasteiger partial charge is 0.340 e. The van der Waals surface area contributed by atoms with E-state index in [4.69, 9.17) is 25.8 Å². The highest BCUT2D eigenvalue weighted by atomic mass is 35.5. The number of hydrogen-bond acceptors (Lipinski definition) is 5. The average molecular weight is 502 g/mol. The summed E-state index contributed by atoms with van der Waals surface area (Å²) in [6, 6.07) is 30.6. The summed E-state index contributed by atoms with van der Waals surface area (Å²) in [5.41, 5.74) is 2.08. The molecule has 0 aliphatic carbocycles. The number of benzene rings is 4. The predicted octanol–water partition coefficient (Wildman–Crippen LogP) is 6.46. The second-order valence-corrected chi connectivity index (χ2v) is 8.26. The Morgan fingerprint density at radius 3 is 2.25 bits per heavy atom. The molecular weight excluding hydrogens is 478 g/mol. The standard InChI is InChI=1S/C29H24ClNO5/c1-34-29(33)25-17-22(30)15-16-26(25)31-28(32)27(21-11-6-3-7-12-21)36-24-14-8-13-23(18-24)35-19-20-9-4-2-5-10-20/h2-18,27H,19H2,1H3,(H,31,32). The Balaban J connectivity index is 1.56. The molecule has 0 heterocycles. The van der Waals surface area contributed by atoms with Crippen molar-refractivity contribution in [1.29, 1.82) is 0 Å². The fourth-order valence-corrected chi connectivity index (χ4v) is 3.69. The van der Waals surface area contributed by atoms with Gasteiger partial charge in [0, 0.05) is 16.7 Å². The summed E-state index contributed by atoms with van der Waals surface area (Å²) in [6.45, 7) is 0.403. The number of methoxy groups -OCH3 is 1. The topological polar surface area (TPSA) is 73.9 Å². The first-order valence-electron chi connectivity index (χ1n) is 11.2. The van der Waals surface area contributed by atoms with Gasteiger partial charge in [-0.2, -0.15) is 0 Å². The largest absolute Gasteiger partial charge is 0.489 e. The van der Waals surface area contributed by atoms with Crippen molar-refractivity contribution in [3.05, 3.63) is 125 Å². The molecule has 7 heteroatoms. The molecule has 0 fully saturated rings. The summed E-state index contributed by atoms with van der Waals surface area (Å²) in [6.07, 6.45) is -1.00. The summed E-state index contributed by atoms with van der Waals surface area (Å²) < 4.78 is 16.9. The van der Waals surface area contributed by atoms with Crippen molar-refractivity contribution >= 4 is 29.2 Å². The third-order valence-corrected chi connectivity index (χ3v) is 5.53. The molecule has 0 bridgehead atoms. The van der Waals surface area contributed by atoms with Crippen molar-refractivity contribution in [3.63, 3.8) is 0 Å². The lowest BCUT2D eigenvalue weighted by molar-refractivity contribution is -0.123. The zero-order valence-corrected chi connectivity index (χ0v) is 20.3. The van der Waals surface area contributed by atoms with Gasteiger partial charge in [0.15, 0.2) is 0 Å². The summed E-state index contributed by atoms with van der Waals surface area (Å²) >= 11 is 6.04. The predicted molar refractivity (Wildman–Crippen MR) is 138 cm³/mol. The lowest BCUT2D eigenvalue weighted by atomic mass is 10.1. The second-order valence-electron chi connectivity index (χ2n) is 7.83. The van der Waals surface area contributed by atoms with E-state index in [2.05, 4.69) is 5.32 Å². The molecule has 4 aromatic rings. The third kappa shape index (κ3) is 6.43. The van der Waals surface area contributed by atoms with Crippen LogP contribution in [0, 0.1) is 0 Å². The maximum absolute atomic E-state index is 13.4. The second kappa shape index (κ2) is 11.9. The van der Waals surface area contributed by atoms with E-state index in [-0.39, 0.29) is 11.3 Å². The highest BCUT2D eigenvalue weighted by Gasteiger charge is 2.25. The van der Waals surface area contributed by atoms with Gasteiger partial charge < -0.3 is 19.5 Å². The zero-order valence-electron chi connectivity index (χ0n) is 19.5. The van der Waals surface area contributed by atoms with Crippen LogP contribution < -0.4 is 14.8 Å². The first-order valence-corrected chi connectivity index (χ1v) is 11.6. The van der Waals surface area contributed by atoms with Crippen molar-refractivity contribution < 1.29 is 23.8 Å². The first-order chi connectivity index (χ1) is 17.5. The number of halogens is 1. The normalized spacial score (nSPS) is 11.3. The monoisotopic (exact) mass is 501 g/mol. The summed E-state index contributed by atoms with van der Waals surface area (Å²) in [7, 11) is 1.26. The van der Waals surface area contributed by atoms with Crippen LogP contribution in [-0.2, 0) is 16.1 Å². The lowest BCUT2D eigenvalue weighted by Gasteiger charge is -2.20. The van der Waals surface area contributed by atoms with E-state index in [9.17, 15) is 9.59 Å². The van der Waals surface area contributed by atoms with Gasteiger partial charge in [-0.1, -0.05) is 78.3 Å². The Hall–Kier alpha value is -4.29. The van der Waals surface area contributed by atoms with E-state index in [1.54, 1.807) is 42.5 Å². The number of hydrogen-bond donors (Lipinski definition) is 1. The molecule has 6 nitrogen and oxygen atoms in total. The van der Waals surface area contributed by atoms with Crippen LogP contribution in [-0.4, -0.2) is 19.0 Å². The van der Waals surface area contributed by atoms with Crippen molar-refractivity contribution in [2.75, 3.05) is 12.4 Å². The van der Waals surface area contributed by atoms with Gasteiger partial charge in [-0.3, -0.25) is 4.79 Å². The van der Waals surface area contributed by atoms with Gasteiger partial charge in [0.25, 0.3) is 5.91 Å². The van der Waals surface area contributed by atoms with E-state index in [1.807, 2.05) is 54.6 Å². The van der Waals surface area contributed by atoms with Gasteiger partial charge in [0.1, 0.15) is 18.1 Å². The Labute approximate surface area is 214 Å². The number of carbonyl (C=O) groups is 2. The van der Waals surface area contributed by atoms with E-state index in [0.717, 1.165) is 5.56 Å². The molecule has 0 spiro atoms. The molecule has 0 radical (unpaired) electrons. The molecular formula is C29H24ClNO5. The van der Waals surface area contributed by atoms with Crippen LogP contribution in [0.4, 0.5) is 5.69 Å². The zero-order chi connectivity index (χ0) is 25.3. The molecule has 0 saturated heterocycles. The van der Waals surface area contributed by atoms with Crippen molar-refractivity contribution in [1.82, 2.24) is 0 Å². The average Bonchev–Trinajstić information content (AvgIpc) is 2.92. The minimum absolute atomic E-state index is 0.140. The molecule has 0 aromatic heterocycles. The van der Waals surface area contributed by atoms with E-state index in [0.29, 0.717) is 28.7 Å². The van der Waals surface area contributed by atoms with Crippen LogP contribution >= 0.6 is 11.6 Å². The highest BCUT2D eigenvalue weighted by molar-refractivity contribution is 6.31. The number of esters is 1. The van der Waals surface area contributed by atoms with Gasteiger partial charge in [-0.25, -0.2) is 4.79 Å². The van der Waals surface area contributed by atoms with Gasteiger partial charge in [-0.15, -0.1) is 0 Å². The summed E-state index contributed by atoms with van der Waals surface area (Å²) in [4.78, 5) is 25.6. The Kier molecular flexibility index (Phi) is 8.21. The Morgan fingerprint density at radius 1 is 0.833 bits per heavy atom. The number of amides is 1. The molecule has 1 amide bonds. The number of ether oxygens (including phenoxy) is 3. The first kappa shape index (κ1) is 24.8. The van der Waals surface area contributed by atoms with Gasteiger partial charge in [-0.05, 0) is 35.9 Å². The van der Waals surface area contributed by atoms with E-state index >= 15 is 0 Å². The summed E-state index contributed by atoms with van der Waals surface area (Å²) in [5.74, 6) is -0.0272. The Morgan fingerprint density at radius 2 is 1.53 bits per heavy atom. The van der Waals surface area contributed by atoms with Gasteiger partial charge in [0.05, 0.1) is 18.4 Å². The van der Waals surface area contributed by atoms with Crippen LogP contribution in [0.1, 0.15) is 27.6 Å². The maximum atomic E-state index is 13.4. The molecule has 4 aromatic carbocycles. The molecule has 0 aliphatic heterocycles. The molecule has 1 unspecified atom stereocenters. The van der Waals surface area contributed by atoms with Crippen LogP contribution in [0.5, 0.6) is 11.5 Å². The molecule has 0 saturated carbocycles. The van der Waals surface area contributed by atoms with Crippen molar-refractivity contribution in [2.24, 2.45) is 0 Å². The minimum atomic E-state index is -1.00. The van der Waals surface area contributed by atoms with Gasteiger partial charge in [0.2, 0.25) is 6.10 Å². The van der Waals surface area contributed by atoms with Crippen molar-refractivity contribution in [2.45, 2.75) is 12.7 Å². The van der Waals surface area contributed by atoms with Gasteiger partial charge >= 0.3 is 5.97 Å². The highest BCUT2D eigenvalue weighted by Crippen LogP contribution is 2.28.